The maximum atomic E-state index is 5.54. The molecule has 0 saturated carbocycles. The molecular formula is C21H25N3S. The lowest BCUT2D eigenvalue weighted by Crippen LogP contribution is -2.56. The van der Waals surface area contributed by atoms with E-state index in [4.69, 9.17) is 12.2 Å². The summed E-state index contributed by atoms with van der Waals surface area (Å²) in [5.74, 6) is 1.47. The molecule has 5 rings (SSSR count). The van der Waals surface area contributed by atoms with Gasteiger partial charge >= 0.3 is 0 Å². The molecule has 3 heterocycles. The molecule has 3 aliphatic rings. The number of benzene rings is 2. The minimum absolute atomic E-state index is 0.585. The molecule has 3 fully saturated rings. The molecule has 0 radical (unpaired) electrons. The normalized spacial score (nSPS) is 27.8. The van der Waals surface area contributed by atoms with Gasteiger partial charge in [-0.2, -0.15) is 0 Å². The highest BCUT2D eigenvalue weighted by Gasteiger charge is 2.38. The molecule has 0 aromatic heterocycles. The summed E-state index contributed by atoms with van der Waals surface area (Å²) in [5.41, 5.74) is 1.06. The Labute approximate surface area is 155 Å². The number of piperidine rings is 3. The van der Waals surface area contributed by atoms with E-state index in [0.717, 1.165) is 24.7 Å². The van der Waals surface area contributed by atoms with Crippen LogP contribution in [0.4, 0.5) is 5.69 Å². The standard InChI is InChI=1S/C21H25N3S/c1-2-15-14-24-11-10-17(15)12-18(24)13-22-21(25)23-20-9-5-7-16-6-3-4-8-19(16)20/h2-9,15,17-18H,1,10-14H2,(H2,22,23,25). The summed E-state index contributed by atoms with van der Waals surface area (Å²) in [5, 5.41) is 9.94. The average Bonchev–Trinajstić information content (AvgIpc) is 2.67. The minimum Gasteiger partial charge on any atom is -0.361 e. The van der Waals surface area contributed by atoms with Gasteiger partial charge in [0.25, 0.3) is 0 Å². The Morgan fingerprint density at radius 1 is 1.24 bits per heavy atom. The van der Waals surface area contributed by atoms with Crippen molar-refractivity contribution in [2.75, 3.05) is 25.0 Å². The quantitative estimate of drug-likeness (QED) is 0.643. The van der Waals surface area contributed by atoms with Crippen LogP contribution in [0.5, 0.6) is 0 Å². The number of rotatable bonds is 4. The van der Waals surface area contributed by atoms with Gasteiger partial charge in [-0.15, -0.1) is 6.58 Å². The van der Waals surface area contributed by atoms with Crippen LogP contribution in [-0.4, -0.2) is 35.7 Å². The second-order valence-electron chi connectivity index (χ2n) is 7.19. The summed E-state index contributed by atoms with van der Waals surface area (Å²) in [4.78, 5) is 2.60. The fraction of sp³-hybridized carbons (Fsp3) is 0.381. The van der Waals surface area contributed by atoms with Crippen LogP contribution in [0.2, 0.25) is 0 Å². The van der Waals surface area contributed by atoms with Crippen molar-refractivity contribution in [1.29, 1.82) is 0 Å². The van der Waals surface area contributed by atoms with E-state index in [1.807, 2.05) is 0 Å². The summed E-state index contributed by atoms with van der Waals surface area (Å²) in [6.07, 6.45) is 4.71. The summed E-state index contributed by atoms with van der Waals surface area (Å²) in [6, 6.07) is 15.2. The largest absolute Gasteiger partial charge is 0.361 e. The molecule has 2 aromatic rings. The molecule has 2 aromatic carbocycles. The molecule has 4 heteroatoms. The Morgan fingerprint density at radius 3 is 2.88 bits per heavy atom. The Bertz CT molecular complexity index is 782. The minimum atomic E-state index is 0.585. The number of thiocarbonyl (C=S) groups is 1. The molecule has 4 atom stereocenters. The molecular weight excluding hydrogens is 326 g/mol. The molecule has 3 aliphatic heterocycles. The van der Waals surface area contributed by atoms with Gasteiger partial charge in [-0.05, 0) is 54.9 Å². The van der Waals surface area contributed by atoms with Crippen LogP contribution in [0.1, 0.15) is 12.8 Å². The lowest BCUT2D eigenvalue weighted by atomic mass is 9.76. The van der Waals surface area contributed by atoms with Crippen molar-refractivity contribution in [3.8, 4) is 0 Å². The fourth-order valence-electron chi connectivity index (χ4n) is 4.37. The zero-order valence-electron chi connectivity index (χ0n) is 14.4. The van der Waals surface area contributed by atoms with Crippen LogP contribution in [0.15, 0.2) is 55.1 Å². The van der Waals surface area contributed by atoms with Gasteiger partial charge in [-0.3, -0.25) is 4.90 Å². The summed E-state index contributed by atoms with van der Waals surface area (Å²) in [6.45, 7) is 7.28. The molecule has 2 bridgehead atoms. The highest BCUT2D eigenvalue weighted by atomic mass is 32.1. The van der Waals surface area contributed by atoms with E-state index in [1.54, 1.807) is 0 Å². The van der Waals surface area contributed by atoms with Crippen LogP contribution in [-0.2, 0) is 0 Å². The SMILES string of the molecule is C=CC1CN2CCC1CC2CNC(=S)Nc1cccc2ccccc12. The van der Waals surface area contributed by atoms with E-state index in [0.29, 0.717) is 17.1 Å². The van der Waals surface area contributed by atoms with Gasteiger partial charge in [-0.25, -0.2) is 0 Å². The van der Waals surface area contributed by atoms with Gasteiger partial charge in [-0.1, -0.05) is 42.5 Å². The van der Waals surface area contributed by atoms with E-state index in [1.165, 1.54) is 30.2 Å². The molecule has 130 valence electrons. The first-order valence-corrected chi connectivity index (χ1v) is 9.54. The molecule has 25 heavy (non-hydrogen) atoms. The van der Waals surface area contributed by atoms with Crippen LogP contribution >= 0.6 is 12.2 Å². The lowest BCUT2D eigenvalue weighted by Gasteiger charge is -2.49. The molecule has 0 aliphatic carbocycles. The Hall–Kier alpha value is -1.91. The third-order valence-electron chi connectivity index (χ3n) is 5.77. The third kappa shape index (κ3) is 3.42. The van der Waals surface area contributed by atoms with Crippen molar-refractivity contribution in [2.24, 2.45) is 11.8 Å². The van der Waals surface area contributed by atoms with Crippen LogP contribution in [0.3, 0.4) is 0 Å². The van der Waals surface area contributed by atoms with Crippen molar-refractivity contribution in [2.45, 2.75) is 18.9 Å². The van der Waals surface area contributed by atoms with Gasteiger partial charge in [0.15, 0.2) is 5.11 Å². The predicted octanol–water partition coefficient (Wildman–Crippen LogP) is 4.02. The lowest BCUT2D eigenvalue weighted by molar-refractivity contribution is 0.0215. The number of anilines is 1. The van der Waals surface area contributed by atoms with Gasteiger partial charge < -0.3 is 10.6 Å². The first-order valence-electron chi connectivity index (χ1n) is 9.14. The smallest absolute Gasteiger partial charge is 0.170 e. The van der Waals surface area contributed by atoms with Crippen molar-refractivity contribution < 1.29 is 0 Å². The van der Waals surface area contributed by atoms with Crippen molar-refractivity contribution in [3.05, 3.63) is 55.1 Å². The number of nitrogens with one attached hydrogen (secondary N) is 2. The Morgan fingerprint density at radius 2 is 2.08 bits per heavy atom. The number of fused-ring (bicyclic) bond motifs is 4. The van der Waals surface area contributed by atoms with E-state index < -0.39 is 0 Å². The molecule has 3 saturated heterocycles. The Kier molecular flexibility index (Phi) is 4.73. The summed E-state index contributed by atoms with van der Waals surface area (Å²) >= 11 is 5.54. The highest BCUT2D eigenvalue weighted by molar-refractivity contribution is 7.80. The molecule has 0 amide bonds. The molecule has 3 nitrogen and oxygen atoms in total. The predicted molar refractivity (Wildman–Crippen MR) is 110 cm³/mol. The maximum Gasteiger partial charge on any atom is 0.170 e. The monoisotopic (exact) mass is 351 g/mol. The summed E-state index contributed by atoms with van der Waals surface area (Å²) < 4.78 is 0. The summed E-state index contributed by atoms with van der Waals surface area (Å²) in [7, 11) is 0. The average molecular weight is 352 g/mol. The number of hydrogen-bond donors (Lipinski definition) is 2. The molecule has 4 unspecified atom stereocenters. The van der Waals surface area contributed by atoms with Gasteiger partial charge in [0.1, 0.15) is 0 Å². The zero-order valence-corrected chi connectivity index (χ0v) is 15.3. The second kappa shape index (κ2) is 7.14. The second-order valence-corrected chi connectivity index (χ2v) is 7.60. The fourth-order valence-corrected chi connectivity index (χ4v) is 4.56. The number of hydrogen-bond acceptors (Lipinski definition) is 2. The first kappa shape index (κ1) is 16.6. The van der Waals surface area contributed by atoms with Crippen LogP contribution < -0.4 is 10.6 Å². The third-order valence-corrected chi connectivity index (χ3v) is 6.01. The van der Waals surface area contributed by atoms with E-state index in [-0.39, 0.29) is 0 Å². The Balaban J connectivity index is 1.36. The van der Waals surface area contributed by atoms with Gasteiger partial charge in [0.05, 0.1) is 0 Å². The number of nitrogens with zero attached hydrogens (tertiary/aromatic N) is 1. The zero-order chi connectivity index (χ0) is 17.2. The van der Waals surface area contributed by atoms with Crippen molar-refractivity contribution in [1.82, 2.24) is 10.2 Å². The molecule has 2 N–H and O–H groups in total. The van der Waals surface area contributed by atoms with Gasteiger partial charge in [0, 0.05) is 30.2 Å². The highest BCUT2D eigenvalue weighted by Crippen LogP contribution is 2.36. The van der Waals surface area contributed by atoms with E-state index >= 15 is 0 Å². The van der Waals surface area contributed by atoms with Crippen LogP contribution in [0, 0.1) is 11.8 Å². The van der Waals surface area contributed by atoms with Crippen molar-refractivity contribution >= 4 is 33.8 Å². The van der Waals surface area contributed by atoms with Crippen LogP contribution in [0.25, 0.3) is 10.8 Å². The first-order chi connectivity index (χ1) is 12.2. The topological polar surface area (TPSA) is 27.3 Å². The van der Waals surface area contributed by atoms with E-state index in [2.05, 4.69) is 70.7 Å². The van der Waals surface area contributed by atoms with Gasteiger partial charge in [0.2, 0.25) is 0 Å². The van der Waals surface area contributed by atoms with E-state index in [9.17, 15) is 0 Å². The maximum absolute atomic E-state index is 5.54. The van der Waals surface area contributed by atoms with Crippen molar-refractivity contribution in [3.63, 3.8) is 0 Å². The molecule has 0 spiro atoms.